The maximum atomic E-state index is 4.17. The summed E-state index contributed by atoms with van der Waals surface area (Å²) >= 11 is 0. The summed E-state index contributed by atoms with van der Waals surface area (Å²) in [7, 11) is 0. The van der Waals surface area contributed by atoms with Crippen LogP contribution in [-0.2, 0) is 6.42 Å². The van der Waals surface area contributed by atoms with Gasteiger partial charge in [-0.3, -0.25) is 4.98 Å². The third-order valence-electron chi connectivity index (χ3n) is 2.24. The molecule has 62 valence electrons. The van der Waals surface area contributed by atoms with E-state index < -0.39 is 0 Å². The maximum absolute atomic E-state index is 4.17. The zero-order valence-corrected chi connectivity index (χ0v) is 7.39. The molecule has 2 nitrogen and oxygen atoms in total. The molecule has 0 aliphatic carbocycles. The minimum atomic E-state index is 1.04. The molecule has 0 saturated carbocycles. The molecule has 0 aliphatic heterocycles. The molecule has 2 rings (SSSR count). The summed E-state index contributed by atoms with van der Waals surface area (Å²) in [5.74, 6) is 0. The van der Waals surface area contributed by atoms with Crippen LogP contribution in [0.25, 0.3) is 10.9 Å². The Balaban J connectivity index is 2.84. The molecule has 1 N–H and O–H groups in total. The van der Waals surface area contributed by atoms with E-state index in [2.05, 4.69) is 23.8 Å². The lowest BCUT2D eigenvalue weighted by Gasteiger charge is -1.98. The van der Waals surface area contributed by atoms with Crippen LogP contribution in [0.15, 0.2) is 18.6 Å². The van der Waals surface area contributed by atoms with Gasteiger partial charge in [-0.1, -0.05) is 6.92 Å². The van der Waals surface area contributed by atoms with Gasteiger partial charge in [-0.2, -0.15) is 0 Å². The van der Waals surface area contributed by atoms with Crippen molar-refractivity contribution in [2.45, 2.75) is 20.3 Å². The van der Waals surface area contributed by atoms with E-state index in [9.17, 15) is 0 Å². The van der Waals surface area contributed by atoms with Gasteiger partial charge in [0.15, 0.2) is 0 Å². The molecule has 2 aromatic heterocycles. The Morgan fingerprint density at radius 2 is 2.25 bits per heavy atom. The van der Waals surface area contributed by atoms with Crippen LogP contribution >= 0.6 is 0 Å². The van der Waals surface area contributed by atoms with Crippen molar-refractivity contribution >= 4 is 10.9 Å². The lowest BCUT2D eigenvalue weighted by molar-refractivity contribution is 1.12. The Morgan fingerprint density at radius 3 is 3.00 bits per heavy atom. The van der Waals surface area contributed by atoms with E-state index in [-0.39, 0.29) is 0 Å². The van der Waals surface area contributed by atoms with Crippen LogP contribution < -0.4 is 0 Å². The molecule has 0 aromatic carbocycles. The molecule has 2 heteroatoms. The van der Waals surface area contributed by atoms with Crippen LogP contribution in [0.2, 0.25) is 0 Å². The highest BCUT2D eigenvalue weighted by atomic mass is 14.7. The number of H-pyrrole nitrogens is 1. The smallest absolute Gasteiger partial charge is 0.0645 e. The zero-order chi connectivity index (χ0) is 8.55. The molecule has 0 fully saturated rings. The van der Waals surface area contributed by atoms with Gasteiger partial charge in [0.2, 0.25) is 0 Å². The first-order valence-electron chi connectivity index (χ1n) is 4.23. The average Bonchev–Trinajstić information content (AvgIpc) is 2.48. The largest absolute Gasteiger partial charge is 0.360 e. The number of aryl methyl sites for hydroxylation is 2. The Bertz CT molecular complexity index is 401. The highest BCUT2D eigenvalue weighted by Crippen LogP contribution is 2.20. The van der Waals surface area contributed by atoms with Crippen LogP contribution in [0.1, 0.15) is 18.1 Å². The van der Waals surface area contributed by atoms with Gasteiger partial charge < -0.3 is 4.98 Å². The monoisotopic (exact) mass is 160 g/mol. The number of nitrogens with zero attached hydrogens (tertiary/aromatic N) is 1. The average molecular weight is 160 g/mol. The number of hydrogen-bond acceptors (Lipinski definition) is 1. The van der Waals surface area contributed by atoms with Gasteiger partial charge >= 0.3 is 0 Å². The van der Waals surface area contributed by atoms with Crippen molar-refractivity contribution < 1.29 is 0 Å². The Labute approximate surface area is 71.6 Å². The Kier molecular flexibility index (Phi) is 1.61. The molecule has 12 heavy (non-hydrogen) atoms. The van der Waals surface area contributed by atoms with E-state index in [0.717, 1.165) is 11.9 Å². The van der Waals surface area contributed by atoms with E-state index in [1.165, 1.54) is 16.5 Å². The quantitative estimate of drug-likeness (QED) is 0.682. The third kappa shape index (κ3) is 0.916. The van der Waals surface area contributed by atoms with Crippen molar-refractivity contribution in [3.8, 4) is 0 Å². The van der Waals surface area contributed by atoms with Crippen LogP contribution in [0.4, 0.5) is 0 Å². The lowest BCUT2D eigenvalue weighted by Crippen LogP contribution is -1.84. The standard InChI is InChI=1S/C10H12N2/c1-3-8-5-11-6-9-10(8)7(2)4-12-9/h4-6,12H,3H2,1-2H3. The summed E-state index contributed by atoms with van der Waals surface area (Å²) in [6.07, 6.45) is 6.90. The van der Waals surface area contributed by atoms with Gasteiger partial charge in [-0.25, -0.2) is 0 Å². The summed E-state index contributed by atoms with van der Waals surface area (Å²) in [5, 5.41) is 1.34. The van der Waals surface area contributed by atoms with E-state index >= 15 is 0 Å². The van der Waals surface area contributed by atoms with Crippen LogP contribution in [0.5, 0.6) is 0 Å². The molecule has 0 unspecified atom stereocenters. The summed E-state index contributed by atoms with van der Waals surface area (Å²) in [5.41, 5.74) is 3.78. The number of fused-ring (bicyclic) bond motifs is 1. The van der Waals surface area contributed by atoms with Crippen molar-refractivity contribution in [3.05, 3.63) is 29.7 Å². The number of aromatic amines is 1. The van der Waals surface area contributed by atoms with Gasteiger partial charge in [-0.05, 0) is 24.5 Å². The van der Waals surface area contributed by atoms with E-state index in [1.807, 2.05) is 18.6 Å². The van der Waals surface area contributed by atoms with Crippen molar-refractivity contribution in [1.29, 1.82) is 0 Å². The van der Waals surface area contributed by atoms with Crippen LogP contribution in [0.3, 0.4) is 0 Å². The highest BCUT2D eigenvalue weighted by Gasteiger charge is 2.03. The van der Waals surface area contributed by atoms with E-state index in [0.29, 0.717) is 0 Å². The van der Waals surface area contributed by atoms with Gasteiger partial charge in [0, 0.05) is 17.8 Å². The fourth-order valence-corrected chi connectivity index (χ4v) is 1.61. The minimum Gasteiger partial charge on any atom is -0.360 e. The van der Waals surface area contributed by atoms with Gasteiger partial charge in [0.1, 0.15) is 0 Å². The summed E-state index contributed by atoms with van der Waals surface area (Å²) in [6, 6.07) is 0. The number of rotatable bonds is 1. The normalized spacial score (nSPS) is 10.8. The third-order valence-corrected chi connectivity index (χ3v) is 2.24. The van der Waals surface area contributed by atoms with Gasteiger partial charge in [0.25, 0.3) is 0 Å². The predicted octanol–water partition coefficient (Wildman–Crippen LogP) is 2.43. The molecule has 0 aliphatic rings. The second-order valence-electron chi connectivity index (χ2n) is 3.05. The summed E-state index contributed by atoms with van der Waals surface area (Å²) < 4.78 is 0. The Hall–Kier alpha value is -1.31. The molecule has 0 saturated heterocycles. The van der Waals surface area contributed by atoms with Crippen molar-refractivity contribution in [3.63, 3.8) is 0 Å². The molecule has 0 amide bonds. The molecule has 0 radical (unpaired) electrons. The second-order valence-corrected chi connectivity index (χ2v) is 3.05. The topological polar surface area (TPSA) is 28.7 Å². The maximum Gasteiger partial charge on any atom is 0.0645 e. The van der Waals surface area contributed by atoms with Crippen molar-refractivity contribution in [1.82, 2.24) is 9.97 Å². The number of aromatic nitrogens is 2. The SMILES string of the molecule is CCc1cncc2[nH]cc(C)c12. The first kappa shape index (κ1) is 7.35. The van der Waals surface area contributed by atoms with Crippen molar-refractivity contribution in [2.24, 2.45) is 0 Å². The second kappa shape index (κ2) is 2.63. The van der Waals surface area contributed by atoms with E-state index in [4.69, 9.17) is 0 Å². The van der Waals surface area contributed by atoms with Gasteiger partial charge in [-0.15, -0.1) is 0 Å². The van der Waals surface area contributed by atoms with Crippen LogP contribution in [-0.4, -0.2) is 9.97 Å². The van der Waals surface area contributed by atoms with Crippen molar-refractivity contribution in [2.75, 3.05) is 0 Å². The zero-order valence-electron chi connectivity index (χ0n) is 7.39. The summed E-state index contributed by atoms with van der Waals surface area (Å²) in [6.45, 7) is 4.28. The minimum absolute atomic E-state index is 1.04. The van der Waals surface area contributed by atoms with Gasteiger partial charge in [0.05, 0.1) is 11.7 Å². The molecular weight excluding hydrogens is 148 g/mol. The first-order chi connectivity index (χ1) is 5.83. The van der Waals surface area contributed by atoms with E-state index in [1.54, 1.807) is 0 Å². The highest BCUT2D eigenvalue weighted by molar-refractivity contribution is 5.85. The molecule has 0 bridgehead atoms. The fraction of sp³-hybridized carbons (Fsp3) is 0.300. The number of pyridine rings is 1. The Morgan fingerprint density at radius 1 is 1.42 bits per heavy atom. The summed E-state index contributed by atoms with van der Waals surface area (Å²) in [4.78, 5) is 7.37. The lowest BCUT2D eigenvalue weighted by atomic mass is 10.1. The molecule has 0 atom stereocenters. The fourth-order valence-electron chi connectivity index (χ4n) is 1.61. The first-order valence-corrected chi connectivity index (χ1v) is 4.23. The molecule has 2 aromatic rings. The molecule has 2 heterocycles. The molecular formula is C10H12N2. The predicted molar refractivity (Wildman–Crippen MR) is 50.2 cm³/mol. The van der Waals surface area contributed by atoms with Crippen LogP contribution in [0, 0.1) is 6.92 Å². The number of nitrogens with one attached hydrogen (secondary N) is 1. The molecule has 0 spiro atoms. The number of hydrogen-bond donors (Lipinski definition) is 1.